The van der Waals surface area contributed by atoms with Crippen LogP contribution in [0.3, 0.4) is 0 Å². The first-order valence-electron chi connectivity index (χ1n) is 8.79. The molecule has 6 nitrogen and oxygen atoms in total. The number of nitrogens with one attached hydrogen (secondary N) is 1. The van der Waals surface area contributed by atoms with E-state index in [0.29, 0.717) is 10.2 Å². The Morgan fingerprint density at radius 1 is 1.00 bits per heavy atom. The summed E-state index contributed by atoms with van der Waals surface area (Å²) in [5, 5.41) is 23.7. The Hall–Kier alpha value is -2.84. The normalized spacial score (nSPS) is 10.9. The van der Waals surface area contributed by atoms with Crippen molar-refractivity contribution in [2.75, 3.05) is 11.1 Å². The lowest BCUT2D eigenvalue weighted by Crippen LogP contribution is -2.14. The molecule has 4 aromatic rings. The molecule has 0 atom stereocenters. The number of fused-ring (bicyclic) bond motifs is 1. The Labute approximate surface area is 170 Å². The molecule has 2 heterocycles. The van der Waals surface area contributed by atoms with E-state index in [1.165, 1.54) is 33.9 Å². The number of amides is 1. The fourth-order valence-electron chi connectivity index (χ4n) is 2.64. The van der Waals surface area contributed by atoms with Crippen molar-refractivity contribution >= 4 is 44.9 Å². The maximum Gasteiger partial charge on any atom is 0.236 e. The minimum atomic E-state index is -0.135. The van der Waals surface area contributed by atoms with Gasteiger partial charge in [-0.1, -0.05) is 66.4 Å². The van der Waals surface area contributed by atoms with Gasteiger partial charge in [-0.25, -0.2) is 0 Å². The van der Waals surface area contributed by atoms with Crippen molar-refractivity contribution in [1.82, 2.24) is 20.4 Å². The molecule has 2 aromatic heterocycles. The molecule has 0 fully saturated rings. The van der Waals surface area contributed by atoms with E-state index in [1.807, 2.05) is 37.3 Å². The Balaban J connectivity index is 1.38. The zero-order valence-electron chi connectivity index (χ0n) is 15.1. The highest BCUT2D eigenvalue weighted by Crippen LogP contribution is 2.24. The summed E-state index contributed by atoms with van der Waals surface area (Å²) in [6.45, 7) is 2.00. The van der Waals surface area contributed by atoms with Crippen LogP contribution in [0, 0.1) is 0 Å². The van der Waals surface area contributed by atoms with Gasteiger partial charge in [0.25, 0.3) is 0 Å². The van der Waals surface area contributed by atoms with Gasteiger partial charge in [0.2, 0.25) is 11.0 Å². The number of rotatable bonds is 6. The summed E-state index contributed by atoms with van der Waals surface area (Å²) >= 11 is 2.73. The van der Waals surface area contributed by atoms with E-state index in [2.05, 4.69) is 50.0 Å². The van der Waals surface area contributed by atoms with E-state index < -0.39 is 0 Å². The average molecular weight is 408 g/mol. The van der Waals surface area contributed by atoms with E-state index in [0.717, 1.165) is 22.7 Å². The quantitative estimate of drug-likeness (QED) is 0.476. The summed E-state index contributed by atoms with van der Waals surface area (Å²) in [5.41, 5.74) is 1.82. The standard InChI is InChI=1S/C20H17N5OS2/c1-2-18-23-25-20(28-18)21-17(26)12-27-19-10-9-16(22-24-19)15-8-7-13-5-3-4-6-14(13)11-15/h3-11H,2,12H2,1H3,(H,21,25,26). The fourth-order valence-corrected chi connectivity index (χ4v) is 3.95. The lowest BCUT2D eigenvalue weighted by atomic mass is 10.1. The Morgan fingerprint density at radius 3 is 2.61 bits per heavy atom. The van der Waals surface area contributed by atoms with Gasteiger partial charge in [0, 0.05) is 5.56 Å². The van der Waals surface area contributed by atoms with Crippen LogP contribution in [0.15, 0.2) is 59.6 Å². The van der Waals surface area contributed by atoms with E-state index in [4.69, 9.17) is 0 Å². The van der Waals surface area contributed by atoms with Crippen LogP contribution >= 0.6 is 23.1 Å². The van der Waals surface area contributed by atoms with Crippen molar-refractivity contribution < 1.29 is 4.79 Å². The third-order valence-electron chi connectivity index (χ3n) is 4.05. The van der Waals surface area contributed by atoms with Gasteiger partial charge < -0.3 is 0 Å². The Morgan fingerprint density at radius 2 is 1.86 bits per heavy atom. The average Bonchev–Trinajstić information content (AvgIpc) is 3.20. The molecule has 1 N–H and O–H groups in total. The number of benzene rings is 2. The molecule has 1 amide bonds. The number of thioether (sulfide) groups is 1. The highest BCUT2D eigenvalue weighted by Gasteiger charge is 2.09. The zero-order valence-corrected chi connectivity index (χ0v) is 16.8. The summed E-state index contributed by atoms with van der Waals surface area (Å²) in [5.74, 6) is 0.106. The molecular weight excluding hydrogens is 390 g/mol. The maximum absolute atomic E-state index is 12.1. The molecule has 0 radical (unpaired) electrons. The molecule has 0 bridgehead atoms. The van der Waals surface area contributed by atoms with E-state index in [1.54, 1.807) is 0 Å². The van der Waals surface area contributed by atoms with E-state index in [9.17, 15) is 4.79 Å². The highest BCUT2D eigenvalue weighted by atomic mass is 32.2. The van der Waals surface area contributed by atoms with E-state index >= 15 is 0 Å². The lowest BCUT2D eigenvalue weighted by Gasteiger charge is -2.04. The molecule has 0 spiro atoms. The summed E-state index contributed by atoms with van der Waals surface area (Å²) in [6, 6.07) is 18.2. The summed E-state index contributed by atoms with van der Waals surface area (Å²) in [4.78, 5) is 12.1. The van der Waals surface area contributed by atoms with Crippen LogP contribution in [0.2, 0.25) is 0 Å². The van der Waals surface area contributed by atoms with Crippen LogP contribution in [0.5, 0.6) is 0 Å². The van der Waals surface area contributed by atoms with Crippen molar-refractivity contribution in [2.45, 2.75) is 18.4 Å². The third kappa shape index (κ3) is 4.35. The summed E-state index contributed by atoms with van der Waals surface area (Å²) in [7, 11) is 0. The highest BCUT2D eigenvalue weighted by molar-refractivity contribution is 7.99. The molecule has 2 aromatic carbocycles. The predicted molar refractivity (Wildman–Crippen MR) is 114 cm³/mol. The van der Waals surface area contributed by atoms with Crippen molar-refractivity contribution in [1.29, 1.82) is 0 Å². The monoisotopic (exact) mass is 407 g/mol. The van der Waals surface area contributed by atoms with Gasteiger partial charge in [0.05, 0.1) is 11.4 Å². The van der Waals surface area contributed by atoms with Crippen molar-refractivity contribution in [2.24, 2.45) is 0 Å². The van der Waals surface area contributed by atoms with Gasteiger partial charge in [-0.15, -0.1) is 20.4 Å². The molecule has 28 heavy (non-hydrogen) atoms. The number of nitrogens with zero attached hydrogens (tertiary/aromatic N) is 4. The number of aromatic nitrogens is 4. The number of aryl methyl sites for hydroxylation is 1. The van der Waals surface area contributed by atoms with Gasteiger partial charge >= 0.3 is 0 Å². The summed E-state index contributed by atoms with van der Waals surface area (Å²) in [6.07, 6.45) is 0.807. The van der Waals surface area contributed by atoms with Crippen LogP contribution in [-0.2, 0) is 11.2 Å². The molecule has 0 saturated heterocycles. The second-order valence-corrected chi connectivity index (χ2v) is 8.07. The molecule has 0 saturated carbocycles. The van der Waals surface area contributed by atoms with Crippen LogP contribution in [0.25, 0.3) is 22.0 Å². The van der Waals surface area contributed by atoms with Crippen molar-refractivity contribution in [3.63, 3.8) is 0 Å². The molecule has 8 heteroatoms. The van der Waals surface area contributed by atoms with Crippen LogP contribution in [0.1, 0.15) is 11.9 Å². The number of carbonyl (C=O) groups is 1. The molecule has 0 aliphatic rings. The van der Waals surface area contributed by atoms with Gasteiger partial charge in [-0.3, -0.25) is 10.1 Å². The molecule has 4 rings (SSSR count). The minimum Gasteiger partial charge on any atom is -0.300 e. The largest absolute Gasteiger partial charge is 0.300 e. The maximum atomic E-state index is 12.1. The van der Waals surface area contributed by atoms with Gasteiger partial charge in [-0.2, -0.15) is 0 Å². The number of carbonyl (C=O) groups excluding carboxylic acids is 1. The first-order valence-corrected chi connectivity index (χ1v) is 10.6. The van der Waals surface area contributed by atoms with Crippen LogP contribution in [0.4, 0.5) is 5.13 Å². The molecule has 0 unspecified atom stereocenters. The summed E-state index contributed by atoms with van der Waals surface area (Å²) < 4.78 is 0. The first kappa shape index (κ1) is 18.5. The number of anilines is 1. The zero-order chi connectivity index (χ0) is 19.3. The number of hydrogen-bond donors (Lipinski definition) is 1. The predicted octanol–water partition coefficient (Wildman–Crippen LogP) is 4.44. The fraction of sp³-hybridized carbons (Fsp3) is 0.150. The SMILES string of the molecule is CCc1nnc(NC(=O)CSc2ccc(-c3ccc4ccccc4c3)nn2)s1. The molecule has 0 aliphatic carbocycles. The van der Waals surface area contributed by atoms with Crippen LogP contribution in [-0.4, -0.2) is 32.1 Å². The second-order valence-electron chi connectivity index (χ2n) is 6.01. The molecule has 0 aliphatic heterocycles. The van der Waals surface area contributed by atoms with Crippen molar-refractivity contribution in [3.8, 4) is 11.3 Å². The topological polar surface area (TPSA) is 80.7 Å². The Bertz CT molecular complexity index is 1110. The molecule has 140 valence electrons. The van der Waals surface area contributed by atoms with E-state index in [-0.39, 0.29) is 11.7 Å². The Kier molecular flexibility index (Phi) is 5.59. The minimum absolute atomic E-state index is 0.135. The second kappa shape index (κ2) is 8.45. The van der Waals surface area contributed by atoms with Crippen LogP contribution < -0.4 is 5.32 Å². The smallest absolute Gasteiger partial charge is 0.236 e. The first-order chi connectivity index (χ1) is 13.7. The van der Waals surface area contributed by atoms with Crippen molar-refractivity contribution in [3.05, 3.63) is 59.6 Å². The van der Waals surface area contributed by atoms with Gasteiger partial charge in [0.15, 0.2) is 0 Å². The van der Waals surface area contributed by atoms with Gasteiger partial charge in [0.1, 0.15) is 10.0 Å². The number of hydrogen-bond acceptors (Lipinski definition) is 7. The lowest BCUT2D eigenvalue weighted by molar-refractivity contribution is -0.113. The third-order valence-corrected chi connectivity index (χ3v) is 5.96. The molecular formula is C20H17N5OS2. The van der Waals surface area contributed by atoms with Gasteiger partial charge in [-0.05, 0) is 35.4 Å².